The molecular formula is C14H28N2. The predicted molar refractivity (Wildman–Crippen MR) is 69.7 cm³/mol. The topological polar surface area (TPSA) is 15.3 Å². The number of rotatable bonds is 5. The minimum Gasteiger partial charge on any atom is -0.313 e. The molecule has 1 atom stereocenters. The van der Waals surface area contributed by atoms with Crippen LogP contribution in [0.3, 0.4) is 0 Å². The summed E-state index contributed by atoms with van der Waals surface area (Å²) in [6.45, 7) is 3.80. The monoisotopic (exact) mass is 224 g/mol. The van der Waals surface area contributed by atoms with Crippen LogP contribution in [0.2, 0.25) is 0 Å². The minimum absolute atomic E-state index is 0.766. The lowest BCUT2D eigenvalue weighted by Gasteiger charge is -2.28. The highest BCUT2D eigenvalue weighted by Gasteiger charge is 2.17. The maximum atomic E-state index is 3.64. The van der Waals surface area contributed by atoms with Crippen molar-refractivity contribution in [2.75, 3.05) is 26.7 Å². The number of nitrogens with one attached hydrogen (secondary N) is 1. The molecule has 1 saturated carbocycles. The molecule has 1 aliphatic heterocycles. The first-order chi connectivity index (χ1) is 7.84. The van der Waals surface area contributed by atoms with Crippen molar-refractivity contribution in [3.05, 3.63) is 0 Å². The van der Waals surface area contributed by atoms with E-state index >= 15 is 0 Å². The summed E-state index contributed by atoms with van der Waals surface area (Å²) in [5, 5.41) is 3.64. The van der Waals surface area contributed by atoms with E-state index in [0.29, 0.717) is 0 Å². The van der Waals surface area contributed by atoms with Crippen molar-refractivity contribution in [1.82, 2.24) is 10.2 Å². The number of likely N-dealkylation sites (N-methyl/N-ethyl adjacent to an activating group) is 1. The predicted octanol–water partition coefficient (Wildman–Crippen LogP) is 2.64. The number of piperidine rings is 1. The van der Waals surface area contributed by atoms with E-state index in [0.717, 1.165) is 12.0 Å². The highest BCUT2D eigenvalue weighted by atomic mass is 15.1. The standard InChI is InChI=1S/C14H28N2/c1-16(11-9-13-6-2-3-7-13)12-14-8-4-5-10-15-14/h13-15H,2-12H2,1H3. The molecule has 2 rings (SSSR count). The van der Waals surface area contributed by atoms with Gasteiger partial charge in [-0.15, -0.1) is 0 Å². The molecule has 2 aliphatic rings. The average molecular weight is 224 g/mol. The van der Waals surface area contributed by atoms with Gasteiger partial charge in [-0.25, -0.2) is 0 Å². The Morgan fingerprint density at radius 1 is 1.06 bits per heavy atom. The van der Waals surface area contributed by atoms with Crippen LogP contribution in [0, 0.1) is 5.92 Å². The van der Waals surface area contributed by atoms with Crippen LogP contribution in [0.5, 0.6) is 0 Å². The normalized spacial score (nSPS) is 27.8. The molecule has 2 fully saturated rings. The molecule has 1 unspecified atom stereocenters. The van der Waals surface area contributed by atoms with E-state index in [2.05, 4.69) is 17.3 Å². The van der Waals surface area contributed by atoms with E-state index < -0.39 is 0 Å². The molecule has 0 aromatic carbocycles. The molecular weight excluding hydrogens is 196 g/mol. The second-order valence-corrected chi connectivity index (χ2v) is 5.85. The van der Waals surface area contributed by atoms with Gasteiger partial charge < -0.3 is 10.2 Å². The molecule has 2 heteroatoms. The summed E-state index contributed by atoms with van der Waals surface area (Å²) in [4.78, 5) is 2.54. The highest BCUT2D eigenvalue weighted by Crippen LogP contribution is 2.27. The summed E-state index contributed by atoms with van der Waals surface area (Å²) < 4.78 is 0. The van der Waals surface area contributed by atoms with E-state index in [1.807, 2.05) is 0 Å². The van der Waals surface area contributed by atoms with Gasteiger partial charge in [0.05, 0.1) is 0 Å². The molecule has 2 nitrogen and oxygen atoms in total. The van der Waals surface area contributed by atoms with Crippen LogP contribution in [0.25, 0.3) is 0 Å². The number of hydrogen-bond acceptors (Lipinski definition) is 2. The van der Waals surface area contributed by atoms with Crippen LogP contribution in [0.15, 0.2) is 0 Å². The summed E-state index contributed by atoms with van der Waals surface area (Å²) in [5.74, 6) is 1.04. The molecule has 0 bridgehead atoms. The summed E-state index contributed by atoms with van der Waals surface area (Å²) in [5.41, 5.74) is 0. The van der Waals surface area contributed by atoms with Gasteiger partial charge in [-0.3, -0.25) is 0 Å². The molecule has 1 saturated heterocycles. The van der Waals surface area contributed by atoms with Gasteiger partial charge in [0, 0.05) is 12.6 Å². The number of hydrogen-bond donors (Lipinski definition) is 1. The van der Waals surface area contributed by atoms with Gasteiger partial charge in [0.25, 0.3) is 0 Å². The lowest BCUT2D eigenvalue weighted by atomic mass is 10.0. The minimum atomic E-state index is 0.766. The third kappa shape index (κ3) is 4.06. The molecule has 0 spiro atoms. The Labute approximate surface area is 101 Å². The van der Waals surface area contributed by atoms with E-state index in [-0.39, 0.29) is 0 Å². The largest absolute Gasteiger partial charge is 0.313 e. The zero-order valence-electron chi connectivity index (χ0n) is 10.9. The maximum Gasteiger partial charge on any atom is 0.0194 e. The highest BCUT2D eigenvalue weighted by molar-refractivity contribution is 4.76. The second-order valence-electron chi connectivity index (χ2n) is 5.85. The molecule has 1 N–H and O–H groups in total. The Morgan fingerprint density at radius 2 is 1.81 bits per heavy atom. The summed E-state index contributed by atoms with van der Waals surface area (Å²) in [7, 11) is 2.30. The zero-order chi connectivity index (χ0) is 11.2. The molecule has 0 amide bonds. The van der Waals surface area contributed by atoms with E-state index in [1.165, 1.54) is 71.0 Å². The van der Waals surface area contributed by atoms with Crippen LogP contribution in [-0.2, 0) is 0 Å². The van der Waals surface area contributed by atoms with Crippen molar-refractivity contribution in [1.29, 1.82) is 0 Å². The Bertz CT molecular complexity index is 181. The van der Waals surface area contributed by atoms with Crippen LogP contribution in [0.1, 0.15) is 51.4 Å². The third-order valence-electron chi connectivity index (χ3n) is 4.34. The van der Waals surface area contributed by atoms with Crippen molar-refractivity contribution in [3.8, 4) is 0 Å². The SMILES string of the molecule is CN(CCC1CCCC1)CC1CCCCN1. The molecule has 94 valence electrons. The Balaban J connectivity index is 1.57. The first kappa shape index (κ1) is 12.4. The van der Waals surface area contributed by atoms with Crippen LogP contribution < -0.4 is 5.32 Å². The van der Waals surface area contributed by atoms with Crippen LogP contribution in [0.4, 0.5) is 0 Å². The van der Waals surface area contributed by atoms with Crippen molar-refractivity contribution in [2.24, 2.45) is 5.92 Å². The third-order valence-corrected chi connectivity index (χ3v) is 4.34. The van der Waals surface area contributed by atoms with Gasteiger partial charge >= 0.3 is 0 Å². The van der Waals surface area contributed by atoms with Gasteiger partial charge in [0.2, 0.25) is 0 Å². The molecule has 1 aliphatic carbocycles. The van der Waals surface area contributed by atoms with Gasteiger partial charge in [-0.05, 0) is 45.3 Å². The Kier molecular flexibility index (Phi) is 5.11. The molecule has 0 radical (unpaired) electrons. The van der Waals surface area contributed by atoms with Crippen molar-refractivity contribution in [2.45, 2.75) is 57.4 Å². The molecule has 16 heavy (non-hydrogen) atoms. The number of nitrogens with zero attached hydrogens (tertiary/aromatic N) is 1. The molecule has 1 heterocycles. The van der Waals surface area contributed by atoms with Gasteiger partial charge in [0.15, 0.2) is 0 Å². The van der Waals surface area contributed by atoms with Crippen molar-refractivity contribution in [3.63, 3.8) is 0 Å². The fourth-order valence-electron chi connectivity index (χ4n) is 3.25. The van der Waals surface area contributed by atoms with Crippen molar-refractivity contribution >= 4 is 0 Å². The Hall–Kier alpha value is -0.0800. The molecule has 0 aromatic rings. The lowest BCUT2D eigenvalue weighted by Crippen LogP contribution is -2.42. The first-order valence-electron chi connectivity index (χ1n) is 7.26. The van der Waals surface area contributed by atoms with Crippen LogP contribution >= 0.6 is 0 Å². The summed E-state index contributed by atoms with van der Waals surface area (Å²) in [6.07, 6.45) is 11.6. The fraction of sp³-hybridized carbons (Fsp3) is 1.00. The average Bonchev–Trinajstić information content (AvgIpc) is 2.81. The smallest absolute Gasteiger partial charge is 0.0194 e. The van der Waals surface area contributed by atoms with E-state index in [1.54, 1.807) is 0 Å². The fourth-order valence-corrected chi connectivity index (χ4v) is 3.25. The van der Waals surface area contributed by atoms with Gasteiger partial charge in [-0.1, -0.05) is 32.1 Å². The molecule has 0 aromatic heterocycles. The van der Waals surface area contributed by atoms with Gasteiger partial charge in [-0.2, -0.15) is 0 Å². The lowest BCUT2D eigenvalue weighted by molar-refractivity contribution is 0.247. The Morgan fingerprint density at radius 3 is 2.50 bits per heavy atom. The first-order valence-corrected chi connectivity index (χ1v) is 7.26. The second kappa shape index (κ2) is 6.61. The van der Waals surface area contributed by atoms with E-state index in [4.69, 9.17) is 0 Å². The van der Waals surface area contributed by atoms with Crippen molar-refractivity contribution < 1.29 is 0 Å². The summed E-state index contributed by atoms with van der Waals surface area (Å²) in [6, 6.07) is 0.766. The zero-order valence-corrected chi connectivity index (χ0v) is 10.9. The van der Waals surface area contributed by atoms with E-state index in [9.17, 15) is 0 Å². The maximum absolute atomic E-state index is 3.64. The summed E-state index contributed by atoms with van der Waals surface area (Å²) >= 11 is 0. The quantitative estimate of drug-likeness (QED) is 0.772. The van der Waals surface area contributed by atoms with Gasteiger partial charge in [0.1, 0.15) is 0 Å². The van der Waals surface area contributed by atoms with Crippen LogP contribution in [-0.4, -0.2) is 37.6 Å².